The highest BCUT2D eigenvalue weighted by Gasteiger charge is 2.25. The van der Waals surface area contributed by atoms with Gasteiger partial charge < -0.3 is 5.32 Å². The molecule has 1 aromatic carbocycles. The molecule has 1 aromatic heterocycles. The predicted molar refractivity (Wildman–Crippen MR) is 91.7 cm³/mol. The van der Waals surface area contributed by atoms with Crippen molar-refractivity contribution < 1.29 is 0 Å². The summed E-state index contributed by atoms with van der Waals surface area (Å²) < 4.78 is 0. The van der Waals surface area contributed by atoms with E-state index >= 15 is 0 Å². The molecule has 2 aromatic rings. The lowest BCUT2D eigenvalue weighted by Crippen LogP contribution is -2.42. The van der Waals surface area contributed by atoms with Gasteiger partial charge in [-0.3, -0.25) is 4.98 Å². The first-order chi connectivity index (χ1) is 9.91. The summed E-state index contributed by atoms with van der Waals surface area (Å²) in [6.45, 7) is 12.4. The number of hydrogen-bond donors (Lipinski definition) is 1. The molecule has 0 saturated heterocycles. The molecule has 0 radical (unpaired) electrons. The van der Waals surface area contributed by atoms with Gasteiger partial charge >= 0.3 is 0 Å². The average molecular weight is 284 g/mol. The number of hydrogen-bond acceptors (Lipinski definition) is 2. The molecule has 0 spiro atoms. The summed E-state index contributed by atoms with van der Waals surface area (Å²) >= 11 is 0. The maximum atomic E-state index is 4.90. The maximum absolute atomic E-state index is 4.90. The number of nitrogens with zero attached hydrogens (tertiary/aromatic N) is 1. The molecule has 2 rings (SSSR count). The summed E-state index contributed by atoms with van der Waals surface area (Å²) in [5, 5.41) is 4.92. The Morgan fingerprint density at radius 2 is 1.90 bits per heavy atom. The van der Waals surface area contributed by atoms with Crippen LogP contribution in [0.1, 0.15) is 45.4 Å². The lowest BCUT2D eigenvalue weighted by molar-refractivity contribution is 0.265. The van der Waals surface area contributed by atoms with E-state index in [2.05, 4.69) is 70.3 Å². The standard InChI is InChI=1S/C19H28N2/c1-6-11-20-18(19(3,4)5)13-17-14(2)12-15-9-7-8-10-16(15)21-17/h7-10,12,18,20H,6,11,13H2,1-5H3. The van der Waals surface area contributed by atoms with E-state index in [0.29, 0.717) is 6.04 Å². The van der Waals surface area contributed by atoms with Crippen molar-refractivity contribution in [3.05, 3.63) is 41.6 Å². The van der Waals surface area contributed by atoms with Crippen LogP contribution in [0.2, 0.25) is 0 Å². The second-order valence-electron chi connectivity index (χ2n) is 7.02. The van der Waals surface area contributed by atoms with Crippen molar-refractivity contribution >= 4 is 10.9 Å². The average Bonchev–Trinajstić information content (AvgIpc) is 2.42. The second kappa shape index (κ2) is 6.57. The van der Waals surface area contributed by atoms with Gasteiger partial charge in [0.25, 0.3) is 0 Å². The highest BCUT2D eigenvalue weighted by molar-refractivity contribution is 5.79. The van der Waals surface area contributed by atoms with Crippen LogP contribution in [0.5, 0.6) is 0 Å². The Morgan fingerprint density at radius 1 is 1.19 bits per heavy atom. The fraction of sp³-hybridized carbons (Fsp3) is 0.526. The Kier molecular flexibility index (Phi) is 5.00. The molecule has 1 atom stereocenters. The Morgan fingerprint density at radius 3 is 2.57 bits per heavy atom. The normalized spacial score (nSPS) is 13.6. The molecule has 1 N–H and O–H groups in total. The number of benzene rings is 1. The van der Waals surface area contributed by atoms with Crippen LogP contribution in [0.15, 0.2) is 30.3 Å². The van der Waals surface area contributed by atoms with Crippen LogP contribution < -0.4 is 5.32 Å². The van der Waals surface area contributed by atoms with E-state index in [0.717, 1.165) is 24.9 Å². The Balaban J connectivity index is 2.29. The number of para-hydroxylation sites is 1. The van der Waals surface area contributed by atoms with E-state index in [1.165, 1.54) is 16.6 Å². The molecule has 2 nitrogen and oxygen atoms in total. The molecule has 0 amide bonds. The van der Waals surface area contributed by atoms with E-state index < -0.39 is 0 Å². The summed E-state index contributed by atoms with van der Waals surface area (Å²) in [7, 11) is 0. The van der Waals surface area contributed by atoms with Crippen LogP contribution in [0.3, 0.4) is 0 Å². The number of pyridine rings is 1. The van der Waals surface area contributed by atoms with Crippen LogP contribution in [-0.2, 0) is 6.42 Å². The van der Waals surface area contributed by atoms with Gasteiger partial charge in [0.1, 0.15) is 0 Å². The second-order valence-corrected chi connectivity index (χ2v) is 7.02. The summed E-state index contributed by atoms with van der Waals surface area (Å²) in [4.78, 5) is 4.90. The zero-order valence-corrected chi connectivity index (χ0v) is 14.0. The van der Waals surface area contributed by atoms with Gasteiger partial charge in [0.15, 0.2) is 0 Å². The Bertz CT molecular complexity index is 596. The van der Waals surface area contributed by atoms with E-state index in [1.54, 1.807) is 0 Å². The quantitative estimate of drug-likeness (QED) is 0.874. The smallest absolute Gasteiger partial charge is 0.0705 e. The van der Waals surface area contributed by atoms with Crippen molar-refractivity contribution in [1.82, 2.24) is 10.3 Å². The van der Waals surface area contributed by atoms with E-state index in [4.69, 9.17) is 4.98 Å². The maximum Gasteiger partial charge on any atom is 0.0705 e. The number of rotatable bonds is 5. The Labute approximate surface area is 129 Å². The van der Waals surface area contributed by atoms with Crippen molar-refractivity contribution in [2.75, 3.05) is 6.54 Å². The molecular formula is C19H28N2. The molecule has 1 unspecified atom stereocenters. The van der Waals surface area contributed by atoms with Crippen LogP contribution in [0.25, 0.3) is 10.9 Å². The molecule has 21 heavy (non-hydrogen) atoms. The first-order valence-electron chi connectivity index (χ1n) is 8.00. The molecule has 0 aliphatic rings. The summed E-state index contributed by atoms with van der Waals surface area (Å²) in [6, 6.07) is 11.1. The van der Waals surface area contributed by atoms with Crippen LogP contribution in [0, 0.1) is 12.3 Å². The molecule has 0 aliphatic carbocycles. The van der Waals surface area contributed by atoms with Crippen molar-refractivity contribution in [2.24, 2.45) is 5.41 Å². The fourth-order valence-corrected chi connectivity index (χ4v) is 2.66. The summed E-state index contributed by atoms with van der Waals surface area (Å²) in [5.74, 6) is 0. The minimum absolute atomic E-state index is 0.231. The lowest BCUT2D eigenvalue weighted by atomic mass is 9.83. The van der Waals surface area contributed by atoms with E-state index in [9.17, 15) is 0 Å². The van der Waals surface area contributed by atoms with Gasteiger partial charge in [0.05, 0.1) is 5.52 Å². The van der Waals surface area contributed by atoms with Crippen molar-refractivity contribution in [3.63, 3.8) is 0 Å². The molecule has 0 fully saturated rings. The molecule has 0 aliphatic heterocycles. The molecule has 114 valence electrons. The van der Waals surface area contributed by atoms with Gasteiger partial charge in [-0.25, -0.2) is 0 Å². The van der Waals surface area contributed by atoms with Crippen molar-refractivity contribution in [1.29, 1.82) is 0 Å². The molecular weight excluding hydrogens is 256 g/mol. The third kappa shape index (κ3) is 4.04. The number of aromatic nitrogens is 1. The van der Waals surface area contributed by atoms with Gasteiger partial charge in [-0.05, 0) is 43.0 Å². The largest absolute Gasteiger partial charge is 0.313 e. The van der Waals surface area contributed by atoms with Gasteiger partial charge in [-0.2, -0.15) is 0 Å². The van der Waals surface area contributed by atoms with E-state index in [-0.39, 0.29) is 5.41 Å². The van der Waals surface area contributed by atoms with Crippen LogP contribution in [-0.4, -0.2) is 17.6 Å². The van der Waals surface area contributed by atoms with Gasteiger partial charge in [0, 0.05) is 23.5 Å². The minimum atomic E-state index is 0.231. The zero-order valence-electron chi connectivity index (χ0n) is 14.0. The summed E-state index contributed by atoms with van der Waals surface area (Å²) in [6.07, 6.45) is 2.15. The van der Waals surface area contributed by atoms with Crippen molar-refractivity contribution in [3.8, 4) is 0 Å². The first kappa shape index (κ1) is 16.0. The van der Waals surface area contributed by atoms with Crippen LogP contribution >= 0.6 is 0 Å². The highest BCUT2D eigenvalue weighted by Crippen LogP contribution is 2.24. The SMILES string of the molecule is CCCNC(Cc1nc2ccccc2cc1C)C(C)(C)C. The Hall–Kier alpha value is -1.41. The van der Waals surface area contributed by atoms with Gasteiger partial charge in [0.2, 0.25) is 0 Å². The third-order valence-corrected chi connectivity index (χ3v) is 4.10. The molecule has 1 heterocycles. The lowest BCUT2D eigenvalue weighted by Gasteiger charge is -2.32. The third-order valence-electron chi connectivity index (χ3n) is 4.10. The zero-order chi connectivity index (χ0) is 15.5. The number of aryl methyl sites for hydroxylation is 1. The predicted octanol–water partition coefficient (Wildman–Crippen LogP) is 4.50. The number of nitrogens with one attached hydrogen (secondary N) is 1. The van der Waals surface area contributed by atoms with Gasteiger partial charge in [-0.15, -0.1) is 0 Å². The molecule has 2 heteroatoms. The van der Waals surface area contributed by atoms with E-state index in [1.807, 2.05) is 0 Å². The monoisotopic (exact) mass is 284 g/mol. The minimum Gasteiger partial charge on any atom is -0.313 e. The van der Waals surface area contributed by atoms with Gasteiger partial charge in [-0.1, -0.05) is 45.9 Å². The summed E-state index contributed by atoms with van der Waals surface area (Å²) in [5.41, 5.74) is 3.84. The van der Waals surface area contributed by atoms with Crippen molar-refractivity contribution in [2.45, 2.75) is 53.5 Å². The number of fused-ring (bicyclic) bond motifs is 1. The molecule has 0 bridgehead atoms. The highest BCUT2D eigenvalue weighted by atomic mass is 14.9. The fourth-order valence-electron chi connectivity index (χ4n) is 2.66. The topological polar surface area (TPSA) is 24.9 Å². The first-order valence-corrected chi connectivity index (χ1v) is 8.00. The van der Waals surface area contributed by atoms with Crippen LogP contribution in [0.4, 0.5) is 0 Å². The molecule has 0 saturated carbocycles.